The number of aliphatic hydroxyl groups is 2. The smallest absolute Gasteiger partial charge is 0.342 e. The molecule has 0 radical (unpaired) electrons. The van der Waals surface area contributed by atoms with Gasteiger partial charge in [0.05, 0.1) is 30.0 Å². The Morgan fingerprint density at radius 1 is 1.10 bits per heavy atom. The predicted octanol–water partition coefficient (Wildman–Crippen LogP) is 0.377. The molecular formula is C29H34O11. The Kier molecular flexibility index (Phi) is 4.39. The monoisotopic (exact) mass is 558 g/mol. The number of carbonyl (C=O) groups excluding carboxylic acids is 4. The molecule has 8 rings (SSSR count). The summed E-state index contributed by atoms with van der Waals surface area (Å²) in [5.74, 6) is -7.78. The highest BCUT2D eigenvalue weighted by Crippen LogP contribution is 2.75. The van der Waals surface area contributed by atoms with Gasteiger partial charge in [0, 0.05) is 13.0 Å². The summed E-state index contributed by atoms with van der Waals surface area (Å²) < 4.78 is 31.1. The molecule has 11 nitrogen and oxygen atoms in total. The number of carbonyl (C=O) groups is 4. The standard InChI is InChI=1S/C29H34O11/c1-23-11-18-25(3)29-19(23)20(32)28(40-29,37-12-15(23)21(33)38-18)14-10-17(31)27(36-4)8-5-6-16(30)24(27,2)13(14)7-9-26(29,35)22(34)39-25/h5-6,13-15,17-19,31,35H,7-12H2,1-4H3. The highest BCUT2D eigenvalue weighted by atomic mass is 16.8. The molecule has 5 aliphatic heterocycles. The van der Waals surface area contributed by atoms with Gasteiger partial charge >= 0.3 is 11.9 Å². The number of ketones is 2. The lowest BCUT2D eigenvalue weighted by Gasteiger charge is -2.64. The van der Waals surface area contributed by atoms with E-state index in [1.807, 2.05) is 6.92 Å². The number of allylic oxidation sites excluding steroid dienone is 1. The van der Waals surface area contributed by atoms with Crippen LogP contribution >= 0.6 is 0 Å². The van der Waals surface area contributed by atoms with E-state index in [2.05, 4.69) is 0 Å². The molecule has 2 spiro atoms. The Hall–Kier alpha value is -2.18. The molecule has 40 heavy (non-hydrogen) atoms. The minimum Gasteiger partial charge on any atom is -0.458 e. The lowest BCUT2D eigenvalue weighted by molar-refractivity contribution is -0.382. The molecule has 0 amide bonds. The molecule has 0 aromatic carbocycles. The molecule has 5 heterocycles. The second-order valence-electron chi connectivity index (χ2n) is 13.9. The average molecular weight is 559 g/mol. The first-order valence-corrected chi connectivity index (χ1v) is 14.2. The van der Waals surface area contributed by atoms with Gasteiger partial charge < -0.3 is 33.9 Å². The Labute approximate surface area is 230 Å². The summed E-state index contributed by atoms with van der Waals surface area (Å²) in [4.78, 5) is 56.0. The Bertz CT molecular complexity index is 1340. The van der Waals surface area contributed by atoms with Crippen molar-refractivity contribution in [1.29, 1.82) is 0 Å². The third-order valence-electron chi connectivity index (χ3n) is 13.0. The molecule has 5 bridgehead atoms. The van der Waals surface area contributed by atoms with Crippen LogP contribution in [-0.2, 0) is 42.9 Å². The van der Waals surface area contributed by atoms with Crippen molar-refractivity contribution in [3.8, 4) is 0 Å². The third kappa shape index (κ3) is 2.13. The molecule has 0 aromatic heterocycles. The van der Waals surface area contributed by atoms with Crippen molar-refractivity contribution in [3.05, 3.63) is 12.2 Å². The summed E-state index contributed by atoms with van der Waals surface area (Å²) in [6.07, 6.45) is 1.55. The van der Waals surface area contributed by atoms with Gasteiger partial charge in [-0.2, -0.15) is 0 Å². The summed E-state index contributed by atoms with van der Waals surface area (Å²) in [5, 5.41) is 24.2. The van der Waals surface area contributed by atoms with Crippen LogP contribution in [0.3, 0.4) is 0 Å². The molecule has 8 aliphatic rings. The maximum Gasteiger partial charge on any atom is 0.342 e. The fourth-order valence-electron chi connectivity index (χ4n) is 11.0. The van der Waals surface area contributed by atoms with Crippen molar-refractivity contribution in [3.63, 3.8) is 0 Å². The Morgan fingerprint density at radius 3 is 2.58 bits per heavy atom. The lowest BCUT2D eigenvalue weighted by atomic mass is 9.46. The summed E-state index contributed by atoms with van der Waals surface area (Å²) in [7, 11) is 1.46. The number of rotatable bonds is 1. The van der Waals surface area contributed by atoms with Gasteiger partial charge in [-0.05, 0) is 63.4 Å². The summed E-state index contributed by atoms with van der Waals surface area (Å²) in [6.45, 7) is 4.93. The van der Waals surface area contributed by atoms with Crippen LogP contribution in [0.1, 0.15) is 52.9 Å². The van der Waals surface area contributed by atoms with Crippen molar-refractivity contribution in [2.24, 2.45) is 34.5 Å². The van der Waals surface area contributed by atoms with Gasteiger partial charge in [-0.15, -0.1) is 0 Å². The minimum absolute atomic E-state index is 0.0168. The van der Waals surface area contributed by atoms with Gasteiger partial charge in [-0.3, -0.25) is 14.4 Å². The van der Waals surface area contributed by atoms with Crippen LogP contribution in [0.15, 0.2) is 12.2 Å². The summed E-state index contributed by atoms with van der Waals surface area (Å²) in [5.41, 5.74) is -9.52. The minimum atomic E-state index is -2.28. The van der Waals surface area contributed by atoms with E-state index in [0.717, 1.165) is 0 Å². The van der Waals surface area contributed by atoms with Crippen LogP contribution in [0.2, 0.25) is 0 Å². The number of ether oxygens (including phenoxy) is 5. The van der Waals surface area contributed by atoms with E-state index < -0.39 is 92.6 Å². The first kappa shape index (κ1) is 25.5. The Morgan fingerprint density at radius 2 is 1.85 bits per heavy atom. The van der Waals surface area contributed by atoms with Crippen LogP contribution in [0, 0.1) is 34.5 Å². The zero-order chi connectivity index (χ0) is 28.5. The highest BCUT2D eigenvalue weighted by Gasteiger charge is 2.93. The van der Waals surface area contributed by atoms with E-state index in [9.17, 15) is 29.4 Å². The van der Waals surface area contributed by atoms with E-state index >= 15 is 0 Å². The van der Waals surface area contributed by atoms with Crippen LogP contribution in [0.25, 0.3) is 0 Å². The average Bonchev–Trinajstić information content (AvgIpc) is 3.22. The molecule has 3 aliphatic carbocycles. The largest absolute Gasteiger partial charge is 0.458 e. The third-order valence-corrected chi connectivity index (χ3v) is 13.0. The lowest BCUT2D eigenvalue weighted by Crippen LogP contribution is -2.79. The van der Waals surface area contributed by atoms with Crippen LogP contribution in [0.5, 0.6) is 0 Å². The fourth-order valence-corrected chi connectivity index (χ4v) is 11.0. The first-order valence-electron chi connectivity index (χ1n) is 14.2. The van der Waals surface area contributed by atoms with E-state index in [-0.39, 0.29) is 44.5 Å². The van der Waals surface area contributed by atoms with Crippen molar-refractivity contribution in [2.45, 2.75) is 93.3 Å². The van der Waals surface area contributed by atoms with Crippen LogP contribution < -0.4 is 0 Å². The van der Waals surface area contributed by atoms with Crippen molar-refractivity contribution in [2.75, 3.05) is 13.7 Å². The summed E-state index contributed by atoms with van der Waals surface area (Å²) >= 11 is 0. The molecule has 7 fully saturated rings. The van der Waals surface area contributed by atoms with E-state index in [4.69, 9.17) is 23.7 Å². The molecule has 216 valence electrons. The van der Waals surface area contributed by atoms with Gasteiger partial charge in [0.25, 0.3) is 0 Å². The van der Waals surface area contributed by atoms with Crippen LogP contribution in [-0.4, -0.2) is 87.8 Å². The highest BCUT2D eigenvalue weighted by molar-refractivity contribution is 6.00. The van der Waals surface area contributed by atoms with E-state index in [0.29, 0.717) is 0 Å². The topological polar surface area (TPSA) is 155 Å². The number of Topliss-reactive ketones (excluding diaryl/α,β-unsaturated/α-hetero) is 1. The maximum atomic E-state index is 15.0. The molecule has 2 N–H and O–H groups in total. The van der Waals surface area contributed by atoms with Crippen molar-refractivity contribution >= 4 is 23.5 Å². The molecule has 2 saturated carbocycles. The Balaban J connectivity index is 1.43. The van der Waals surface area contributed by atoms with Gasteiger partial charge in [-0.25, -0.2) is 4.79 Å². The summed E-state index contributed by atoms with van der Waals surface area (Å²) in [6, 6.07) is 0. The van der Waals surface area contributed by atoms with Crippen LogP contribution in [0.4, 0.5) is 0 Å². The molecule has 5 saturated heterocycles. The number of aliphatic hydroxyl groups excluding tert-OH is 1. The predicted molar refractivity (Wildman–Crippen MR) is 130 cm³/mol. The van der Waals surface area contributed by atoms with Gasteiger partial charge in [0.1, 0.15) is 11.7 Å². The number of fused-ring (bicyclic) bond motifs is 5. The molecule has 11 heteroatoms. The fraction of sp³-hybridized carbons (Fsp3) is 0.793. The molecule has 13 atom stereocenters. The van der Waals surface area contributed by atoms with Gasteiger partial charge in [0.15, 0.2) is 28.4 Å². The number of hydrogen-bond acceptors (Lipinski definition) is 11. The zero-order valence-electron chi connectivity index (χ0n) is 22.9. The van der Waals surface area contributed by atoms with E-state index in [1.165, 1.54) is 13.2 Å². The normalized spacial score (nSPS) is 60.8. The second-order valence-corrected chi connectivity index (χ2v) is 13.9. The number of hydrogen-bond donors (Lipinski definition) is 2. The van der Waals surface area contributed by atoms with Gasteiger partial charge in [-0.1, -0.05) is 13.0 Å². The first-order chi connectivity index (χ1) is 18.7. The van der Waals surface area contributed by atoms with E-state index in [1.54, 1.807) is 19.9 Å². The quantitative estimate of drug-likeness (QED) is 0.429. The second kappa shape index (κ2) is 6.89. The van der Waals surface area contributed by atoms with Gasteiger partial charge in [0.2, 0.25) is 5.79 Å². The maximum absolute atomic E-state index is 15.0. The SMILES string of the molecule is COC12CC=CC(=O)C1(C)C1CCC3(O)C(=O)OC4(C)C5CC6(C)C(COC7(OC34C6C7=O)C1CC2O)C(=O)O5. The van der Waals surface area contributed by atoms with Crippen molar-refractivity contribution in [1.82, 2.24) is 0 Å². The molecule has 13 unspecified atom stereocenters. The zero-order valence-corrected chi connectivity index (χ0v) is 22.9. The molecule has 0 aromatic rings. The number of esters is 2. The number of methoxy groups -OCH3 is 1. The van der Waals surface area contributed by atoms with Crippen molar-refractivity contribution < 1.29 is 53.1 Å². The molecular weight excluding hydrogens is 524 g/mol.